The second-order valence-electron chi connectivity index (χ2n) is 10.8. The first-order chi connectivity index (χ1) is 18.1. The van der Waals surface area contributed by atoms with Crippen LogP contribution in [0.2, 0.25) is 5.02 Å². The number of benzene rings is 2. The monoisotopic (exact) mass is 544 g/mol. The van der Waals surface area contributed by atoms with E-state index in [0.717, 1.165) is 31.1 Å². The molecule has 2 aliphatic rings. The van der Waals surface area contributed by atoms with Crippen LogP contribution in [0.3, 0.4) is 0 Å². The van der Waals surface area contributed by atoms with Gasteiger partial charge >= 0.3 is 0 Å². The van der Waals surface area contributed by atoms with Crippen LogP contribution in [-0.2, 0) is 9.47 Å². The van der Waals surface area contributed by atoms with Crippen LogP contribution in [0.4, 0.5) is 15.9 Å². The molecule has 204 valence electrons. The number of rotatable bonds is 8. The minimum absolute atomic E-state index is 0.0131. The lowest BCUT2D eigenvalue weighted by Crippen LogP contribution is -2.40. The predicted molar refractivity (Wildman–Crippen MR) is 145 cm³/mol. The SMILES string of the molecule is COc1cc2ncnc(Nc3ccc(F)c(Cl)c3)c2cc1OC1CCC(N(C)C2OC2OC(C)(C)C)CC1. The van der Waals surface area contributed by atoms with Crippen molar-refractivity contribution < 1.29 is 23.3 Å². The number of halogens is 2. The summed E-state index contributed by atoms with van der Waals surface area (Å²) in [5.74, 6) is 1.33. The first-order valence-electron chi connectivity index (χ1n) is 12.9. The lowest BCUT2D eigenvalue weighted by Gasteiger charge is -2.34. The highest BCUT2D eigenvalue weighted by Gasteiger charge is 2.48. The summed E-state index contributed by atoms with van der Waals surface area (Å²) in [5.41, 5.74) is 1.09. The van der Waals surface area contributed by atoms with E-state index >= 15 is 0 Å². The third-order valence-electron chi connectivity index (χ3n) is 6.92. The molecule has 0 spiro atoms. The fraction of sp³-hybridized carbons (Fsp3) is 0.500. The first kappa shape index (κ1) is 26.9. The second kappa shape index (κ2) is 10.8. The van der Waals surface area contributed by atoms with E-state index in [1.54, 1.807) is 13.2 Å². The fourth-order valence-electron chi connectivity index (χ4n) is 4.90. The highest BCUT2D eigenvalue weighted by atomic mass is 35.5. The molecule has 8 nitrogen and oxygen atoms in total. The van der Waals surface area contributed by atoms with Crippen LogP contribution in [0.1, 0.15) is 46.5 Å². The van der Waals surface area contributed by atoms with Gasteiger partial charge in [-0.3, -0.25) is 4.90 Å². The van der Waals surface area contributed by atoms with Crippen LogP contribution in [-0.4, -0.2) is 59.3 Å². The molecule has 2 heterocycles. The molecule has 2 fully saturated rings. The highest BCUT2D eigenvalue weighted by Crippen LogP contribution is 2.39. The van der Waals surface area contributed by atoms with E-state index < -0.39 is 5.82 Å². The molecule has 1 aliphatic carbocycles. The van der Waals surface area contributed by atoms with Crippen molar-refractivity contribution in [3.05, 3.63) is 47.5 Å². The third kappa shape index (κ3) is 6.12. The van der Waals surface area contributed by atoms with E-state index in [0.29, 0.717) is 34.6 Å². The number of hydrogen-bond acceptors (Lipinski definition) is 8. The van der Waals surface area contributed by atoms with Crippen LogP contribution in [0.5, 0.6) is 11.5 Å². The number of anilines is 2. The van der Waals surface area contributed by atoms with E-state index in [9.17, 15) is 4.39 Å². The van der Waals surface area contributed by atoms with Crippen molar-refractivity contribution in [1.82, 2.24) is 14.9 Å². The second-order valence-corrected chi connectivity index (χ2v) is 11.2. The zero-order chi connectivity index (χ0) is 27.0. The van der Waals surface area contributed by atoms with Gasteiger partial charge in [0.25, 0.3) is 0 Å². The van der Waals surface area contributed by atoms with E-state index in [4.69, 9.17) is 30.5 Å². The molecule has 3 aromatic rings. The van der Waals surface area contributed by atoms with Crippen LogP contribution in [0, 0.1) is 5.82 Å². The Balaban J connectivity index is 1.26. The maximum absolute atomic E-state index is 13.6. The fourth-order valence-corrected chi connectivity index (χ4v) is 5.08. The van der Waals surface area contributed by atoms with Gasteiger partial charge in [0.2, 0.25) is 0 Å². The molecule has 1 aromatic heterocycles. The summed E-state index contributed by atoms with van der Waals surface area (Å²) in [6.45, 7) is 6.12. The molecule has 2 aromatic carbocycles. The van der Waals surface area contributed by atoms with Gasteiger partial charge in [-0.1, -0.05) is 11.6 Å². The largest absolute Gasteiger partial charge is 0.493 e. The van der Waals surface area contributed by atoms with Gasteiger partial charge in [-0.15, -0.1) is 0 Å². The van der Waals surface area contributed by atoms with Crippen LogP contribution in [0.15, 0.2) is 36.7 Å². The average Bonchev–Trinajstić information content (AvgIpc) is 3.63. The first-order valence-corrected chi connectivity index (χ1v) is 13.3. The number of fused-ring (bicyclic) bond motifs is 1. The maximum Gasteiger partial charge on any atom is 0.200 e. The lowest BCUT2D eigenvalue weighted by molar-refractivity contribution is -0.0580. The van der Waals surface area contributed by atoms with E-state index in [1.165, 1.54) is 18.5 Å². The van der Waals surface area contributed by atoms with Gasteiger partial charge in [0.1, 0.15) is 18.0 Å². The van der Waals surface area contributed by atoms with Gasteiger partial charge in [0, 0.05) is 23.2 Å². The summed E-state index contributed by atoms with van der Waals surface area (Å²) in [6.07, 6.45) is 5.21. The summed E-state index contributed by atoms with van der Waals surface area (Å²) in [5, 5.41) is 4.00. The van der Waals surface area contributed by atoms with E-state index in [2.05, 4.69) is 27.2 Å². The van der Waals surface area contributed by atoms with Crippen molar-refractivity contribution in [2.24, 2.45) is 0 Å². The Bertz CT molecular complexity index is 1300. The smallest absolute Gasteiger partial charge is 0.200 e. The third-order valence-corrected chi connectivity index (χ3v) is 7.21. The average molecular weight is 545 g/mol. The zero-order valence-corrected chi connectivity index (χ0v) is 23.1. The Labute approximate surface area is 227 Å². The summed E-state index contributed by atoms with van der Waals surface area (Å²) >= 11 is 5.95. The predicted octanol–water partition coefficient (Wildman–Crippen LogP) is 6.29. The number of ether oxygens (including phenoxy) is 4. The van der Waals surface area contributed by atoms with Crippen LogP contribution < -0.4 is 14.8 Å². The van der Waals surface area contributed by atoms with Crippen LogP contribution >= 0.6 is 11.6 Å². The number of hydrogen-bond donors (Lipinski definition) is 1. The molecule has 0 amide bonds. The van der Waals surface area contributed by atoms with Gasteiger partial charge in [-0.25, -0.2) is 14.4 Å². The molecule has 0 radical (unpaired) electrons. The molecule has 2 unspecified atom stereocenters. The molecular formula is C28H34ClFN4O4. The number of nitrogens with zero attached hydrogens (tertiary/aromatic N) is 3. The van der Waals surface area contributed by atoms with Crippen molar-refractivity contribution in [2.75, 3.05) is 19.5 Å². The standard InChI is InChI=1S/C28H34ClFN4O4/c1-28(2,3)38-27-26(37-27)34(4)17-7-9-18(10-8-17)36-24-13-19-22(14-23(24)35-5)31-15-32-25(19)33-16-6-11-21(30)20(29)12-16/h6,11-15,17-18,26-27H,7-10H2,1-5H3,(H,31,32,33). The Hall–Kier alpha value is -2.72. The quantitative estimate of drug-likeness (QED) is 0.331. The van der Waals surface area contributed by atoms with Gasteiger partial charge in [-0.05, 0) is 77.8 Å². The molecule has 1 saturated heterocycles. The van der Waals surface area contributed by atoms with Gasteiger partial charge in [-0.2, -0.15) is 0 Å². The van der Waals surface area contributed by atoms with Crippen molar-refractivity contribution >= 4 is 34.0 Å². The maximum atomic E-state index is 13.6. The number of epoxide rings is 1. The van der Waals surface area contributed by atoms with Crippen molar-refractivity contribution in [3.63, 3.8) is 0 Å². The molecule has 5 rings (SSSR count). The Morgan fingerprint density at radius 3 is 2.53 bits per heavy atom. The normalized spacial score (nSPS) is 23.5. The lowest BCUT2D eigenvalue weighted by atomic mass is 9.92. The molecule has 2 atom stereocenters. The molecule has 38 heavy (non-hydrogen) atoms. The number of methoxy groups -OCH3 is 1. The molecule has 1 aliphatic heterocycles. The summed E-state index contributed by atoms with van der Waals surface area (Å²) in [7, 11) is 3.73. The molecular weight excluding hydrogens is 511 g/mol. The summed E-state index contributed by atoms with van der Waals surface area (Å²) < 4.78 is 37.4. The Morgan fingerprint density at radius 1 is 1.08 bits per heavy atom. The van der Waals surface area contributed by atoms with Gasteiger partial charge in [0.05, 0.1) is 29.4 Å². The zero-order valence-electron chi connectivity index (χ0n) is 22.3. The highest BCUT2D eigenvalue weighted by molar-refractivity contribution is 6.31. The number of likely N-dealkylation sites (N-methyl/N-ethyl adjacent to an activating group) is 1. The Morgan fingerprint density at radius 2 is 1.84 bits per heavy atom. The number of nitrogens with one attached hydrogen (secondary N) is 1. The van der Waals surface area contributed by atoms with Crippen molar-refractivity contribution in [3.8, 4) is 11.5 Å². The van der Waals surface area contributed by atoms with Crippen molar-refractivity contribution in [1.29, 1.82) is 0 Å². The Kier molecular flexibility index (Phi) is 7.64. The topological polar surface area (TPSA) is 81.3 Å². The minimum atomic E-state index is -0.478. The minimum Gasteiger partial charge on any atom is -0.493 e. The molecule has 10 heteroatoms. The van der Waals surface area contributed by atoms with Crippen molar-refractivity contribution in [2.45, 2.75) is 76.7 Å². The number of aromatic nitrogens is 2. The molecule has 0 bridgehead atoms. The molecule has 1 saturated carbocycles. The summed E-state index contributed by atoms with van der Waals surface area (Å²) in [4.78, 5) is 11.1. The summed E-state index contributed by atoms with van der Waals surface area (Å²) in [6, 6.07) is 8.59. The van der Waals surface area contributed by atoms with E-state index in [-0.39, 0.29) is 29.2 Å². The van der Waals surface area contributed by atoms with Gasteiger partial charge in [0.15, 0.2) is 24.0 Å². The van der Waals surface area contributed by atoms with Crippen LogP contribution in [0.25, 0.3) is 10.9 Å². The van der Waals surface area contributed by atoms with Gasteiger partial charge < -0.3 is 24.3 Å². The van der Waals surface area contributed by atoms with E-state index in [1.807, 2.05) is 32.9 Å². The molecule has 1 N–H and O–H groups in total.